The van der Waals surface area contributed by atoms with Crippen molar-refractivity contribution in [2.24, 2.45) is 11.8 Å². The van der Waals surface area contributed by atoms with Crippen LogP contribution in [0.15, 0.2) is 24.3 Å². The summed E-state index contributed by atoms with van der Waals surface area (Å²) in [5.74, 6) is -0.527. The lowest BCUT2D eigenvalue weighted by Crippen LogP contribution is -2.37. The van der Waals surface area contributed by atoms with E-state index in [2.05, 4.69) is 0 Å². The van der Waals surface area contributed by atoms with E-state index in [9.17, 15) is 14.4 Å². The molecule has 0 bridgehead atoms. The van der Waals surface area contributed by atoms with Crippen molar-refractivity contribution in [1.82, 2.24) is 4.90 Å². The van der Waals surface area contributed by atoms with Crippen LogP contribution in [0.4, 0.5) is 0 Å². The van der Waals surface area contributed by atoms with E-state index >= 15 is 0 Å². The van der Waals surface area contributed by atoms with Gasteiger partial charge in [-0.3, -0.25) is 19.3 Å². The normalized spacial score (nSPS) is 23.8. The van der Waals surface area contributed by atoms with E-state index in [-0.39, 0.29) is 36.0 Å². The lowest BCUT2D eigenvalue weighted by atomic mass is 10.1. The van der Waals surface area contributed by atoms with E-state index in [1.807, 2.05) is 6.92 Å². The SMILES string of the molecule is CCOc1ccccc1C(=O)CN1C(=O)C2CC2C1=O. The third-order valence-electron chi connectivity index (χ3n) is 3.75. The molecule has 3 rings (SSSR count). The Bertz CT molecular complexity index is 575. The Kier molecular flexibility index (Phi) is 3.04. The molecule has 2 atom stereocenters. The fraction of sp³-hybridized carbons (Fsp3) is 0.400. The predicted molar refractivity (Wildman–Crippen MR) is 70.3 cm³/mol. The van der Waals surface area contributed by atoms with Gasteiger partial charge in [-0.1, -0.05) is 12.1 Å². The first-order valence-electron chi connectivity index (χ1n) is 6.73. The number of para-hydroxylation sites is 1. The van der Waals surface area contributed by atoms with Crippen LogP contribution < -0.4 is 4.74 Å². The van der Waals surface area contributed by atoms with Crippen LogP contribution in [0.1, 0.15) is 23.7 Å². The molecule has 0 aromatic heterocycles. The smallest absolute Gasteiger partial charge is 0.233 e. The minimum absolute atomic E-state index is 0.169. The molecule has 1 aromatic rings. The molecular formula is C15H15NO4. The van der Waals surface area contributed by atoms with Crippen molar-refractivity contribution in [1.29, 1.82) is 0 Å². The second-order valence-corrected chi connectivity index (χ2v) is 5.06. The zero-order chi connectivity index (χ0) is 14.3. The topological polar surface area (TPSA) is 63.7 Å². The van der Waals surface area contributed by atoms with Crippen molar-refractivity contribution < 1.29 is 19.1 Å². The second-order valence-electron chi connectivity index (χ2n) is 5.06. The summed E-state index contributed by atoms with van der Waals surface area (Å²) >= 11 is 0. The maximum atomic E-state index is 12.3. The minimum atomic E-state index is -0.267. The monoisotopic (exact) mass is 273 g/mol. The molecule has 1 saturated carbocycles. The van der Waals surface area contributed by atoms with Gasteiger partial charge < -0.3 is 4.74 Å². The molecule has 1 aromatic carbocycles. The third kappa shape index (κ3) is 1.99. The number of piperidine rings is 1. The Hall–Kier alpha value is -2.17. The number of ether oxygens (including phenoxy) is 1. The molecule has 0 N–H and O–H groups in total. The fourth-order valence-electron chi connectivity index (χ4n) is 2.61. The summed E-state index contributed by atoms with van der Waals surface area (Å²) in [4.78, 5) is 37.1. The van der Waals surface area contributed by atoms with Gasteiger partial charge in [-0.2, -0.15) is 0 Å². The summed E-state index contributed by atoms with van der Waals surface area (Å²) in [5, 5.41) is 0. The standard InChI is InChI=1S/C15H15NO4/c1-2-20-13-6-4-3-5-9(13)12(17)8-16-14(18)10-7-11(10)15(16)19/h3-6,10-11H,2,7-8H2,1H3. The number of imide groups is 1. The molecule has 1 saturated heterocycles. The van der Waals surface area contributed by atoms with E-state index in [1.165, 1.54) is 0 Å². The molecule has 2 fully saturated rings. The highest BCUT2D eigenvalue weighted by atomic mass is 16.5. The van der Waals surface area contributed by atoms with Crippen LogP contribution in [0, 0.1) is 11.8 Å². The lowest BCUT2D eigenvalue weighted by Gasteiger charge is -2.16. The molecule has 5 nitrogen and oxygen atoms in total. The number of ketones is 1. The lowest BCUT2D eigenvalue weighted by molar-refractivity contribution is -0.140. The zero-order valence-electron chi connectivity index (χ0n) is 11.2. The highest BCUT2D eigenvalue weighted by Gasteiger charge is 2.59. The van der Waals surface area contributed by atoms with Gasteiger partial charge in [0.1, 0.15) is 5.75 Å². The summed E-state index contributed by atoms with van der Waals surface area (Å²) in [6.07, 6.45) is 0.651. The first kappa shape index (κ1) is 12.8. The highest BCUT2D eigenvalue weighted by molar-refractivity contribution is 6.12. The number of carbonyl (C=O) groups is 3. The molecule has 1 aliphatic carbocycles. The molecule has 5 heteroatoms. The van der Waals surface area contributed by atoms with Crippen LogP contribution in [0.5, 0.6) is 5.75 Å². The van der Waals surface area contributed by atoms with Gasteiger partial charge in [-0.05, 0) is 25.5 Å². The Balaban J connectivity index is 1.77. The number of fused-ring (bicyclic) bond motifs is 1. The molecule has 2 unspecified atom stereocenters. The number of Topliss-reactive ketones (excluding diaryl/α,β-unsaturated/α-hetero) is 1. The van der Waals surface area contributed by atoms with Gasteiger partial charge in [0.05, 0.1) is 30.6 Å². The number of hydrogen-bond donors (Lipinski definition) is 0. The fourth-order valence-corrected chi connectivity index (χ4v) is 2.61. The average Bonchev–Trinajstić information content (AvgIpc) is 3.20. The molecule has 2 amide bonds. The summed E-state index contributed by atoms with van der Waals surface area (Å²) in [5.41, 5.74) is 0.413. The average molecular weight is 273 g/mol. The first-order valence-corrected chi connectivity index (χ1v) is 6.73. The van der Waals surface area contributed by atoms with E-state index in [0.717, 1.165) is 4.90 Å². The van der Waals surface area contributed by atoms with Gasteiger partial charge in [-0.25, -0.2) is 0 Å². The van der Waals surface area contributed by atoms with Crippen molar-refractivity contribution in [3.8, 4) is 5.75 Å². The van der Waals surface area contributed by atoms with Crippen molar-refractivity contribution in [3.05, 3.63) is 29.8 Å². The largest absolute Gasteiger partial charge is 0.493 e. The third-order valence-corrected chi connectivity index (χ3v) is 3.75. The Labute approximate surface area is 116 Å². The predicted octanol–water partition coefficient (Wildman–Crippen LogP) is 1.27. The molecule has 0 radical (unpaired) electrons. The summed E-state index contributed by atoms with van der Waals surface area (Å²) < 4.78 is 5.40. The Morgan fingerprint density at radius 3 is 2.55 bits per heavy atom. The summed E-state index contributed by atoms with van der Waals surface area (Å²) in [7, 11) is 0. The van der Waals surface area contributed by atoms with Crippen LogP contribution in [0.25, 0.3) is 0 Å². The Morgan fingerprint density at radius 1 is 1.25 bits per heavy atom. The molecule has 2 aliphatic rings. The molecule has 1 heterocycles. The van der Waals surface area contributed by atoms with E-state index < -0.39 is 0 Å². The van der Waals surface area contributed by atoms with Gasteiger partial charge in [0, 0.05) is 0 Å². The van der Waals surface area contributed by atoms with E-state index in [0.29, 0.717) is 24.3 Å². The quantitative estimate of drug-likeness (QED) is 0.598. The molecule has 104 valence electrons. The number of hydrogen-bond acceptors (Lipinski definition) is 4. The van der Waals surface area contributed by atoms with Crippen LogP contribution in [-0.2, 0) is 9.59 Å². The number of likely N-dealkylation sites (tertiary alicyclic amines) is 1. The van der Waals surface area contributed by atoms with E-state index in [4.69, 9.17) is 4.74 Å². The van der Waals surface area contributed by atoms with Crippen molar-refractivity contribution in [3.63, 3.8) is 0 Å². The number of benzene rings is 1. The van der Waals surface area contributed by atoms with Crippen LogP contribution >= 0.6 is 0 Å². The number of amides is 2. The zero-order valence-corrected chi connectivity index (χ0v) is 11.2. The number of nitrogens with zero attached hydrogens (tertiary/aromatic N) is 1. The van der Waals surface area contributed by atoms with Crippen molar-refractivity contribution >= 4 is 17.6 Å². The first-order chi connectivity index (χ1) is 9.63. The van der Waals surface area contributed by atoms with E-state index in [1.54, 1.807) is 24.3 Å². The molecule has 0 spiro atoms. The van der Waals surface area contributed by atoms with Crippen LogP contribution in [0.2, 0.25) is 0 Å². The summed E-state index contributed by atoms with van der Waals surface area (Å²) in [6.45, 7) is 2.10. The Morgan fingerprint density at radius 2 is 1.90 bits per heavy atom. The summed E-state index contributed by atoms with van der Waals surface area (Å²) in [6, 6.07) is 6.88. The van der Waals surface area contributed by atoms with Gasteiger partial charge in [0.25, 0.3) is 0 Å². The van der Waals surface area contributed by atoms with Crippen molar-refractivity contribution in [2.75, 3.05) is 13.2 Å². The van der Waals surface area contributed by atoms with Gasteiger partial charge in [-0.15, -0.1) is 0 Å². The number of carbonyl (C=O) groups excluding carboxylic acids is 3. The molecule has 1 aliphatic heterocycles. The number of rotatable bonds is 5. The maximum Gasteiger partial charge on any atom is 0.233 e. The van der Waals surface area contributed by atoms with Crippen LogP contribution in [-0.4, -0.2) is 35.6 Å². The van der Waals surface area contributed by atoms with Gasteiger partial charge >= 0.3 is 0 Å². The van der Waals surface area contributed by atoms with Gasteiger partial charge in [0.2, 0.25) is 11.8 Å². The van der Waals surface area contributed by atoms with Gasteiger partial charge in [0.15, 0.2) is 5.78 Å². The maximum absolute atomic E-state index is 12.3. The highest BCUT2D eigenvalue weighted by Crippen LogP contribution is 2.46. The molecule has 20 heavy (non-hydrogen) atoms. The molecular weight excluding hydrogens is 258 g/mol. The van der Waals surface area contributed by atoms with Crippen LogP contribution in [0.3, 0.4) is 0 Å². The minimum Gasteiger partial charge on any atom is -0.493 e. The van der Waals surface area contributed by atoms with Crippen molar-refractivity contribution in [2.45, 2.75) is 13.3 Å². The second kappa shape index (κ2) is 4.74.